The molecule has 1 nitrogen and oxygen atoms in total. The summed E-state index contributed by atoms with van der Waals surface area (Å²) < 4.78 is 0. The third-order valence-electron chi connectivity index (χ3n) is 3.48. The highest BCUT2D eigenvalue weighted by Crippen LogP contribution is 2.23. The fraction of sp³-hybridized carbons (Fsp3) is 0.588. The van der Waals surface area contributed by atoms with E-state index in [4.69, 9.17) is 11.6 Å². The van der Waals surface area contributed by atoms with Crippen molar-refractivity contribution in [3.05, 3.63) is 35.4 Å². The van der Waals surface area contributed by atoms with Crippen LogP contribution in [0.5, 0.6) is 0 Å². The Morgan fingerprint density at radius 3 is 2.26 bits per heavy atom. The minimum absolute atomic E-state index is 0.125. The van der Waals surface area contributed by atoms with Gasteiger partial charge in [0, 0.05) is 16.9 Å². The molecule has 0 N–H and O–H groups in total. The lowest BCUT2D eigenvalue weighted by molar-refractivity contribution is 0.0862. The summed E-state index contributed by atoms with van der Waals surface area (Å²) in [6.45, 7) is 6.00. The zero-order valence-electron chi connectivity index (χ0n) is 12.3. The molecule has 0 radical (unpaired) electrons. The van der Waals surface area contributed by atoms with Crippen molar-refractivity contribution >= 4 is 17.4 Å². The summed E-state index contributed by atoms with van der Waals surface area (Å²) in [4.78, 5) is 12.2. The molecule has 0 aliphatic heterocycles. The number of benzene rings is 1. The van der Waals surface area contributed by atoms with Gasteiger partial charge in [-0.3, -0.25) is 4.79 Å². The van der Waals surface area contributed by atoms with Gasteiger partial charge in [0.1, 0.15) is 0 Å². The third-order valence-corrected chi connectivity index (χ3v) is 4.15. The lowest BCUT2D eigenvalue weighted by atomic mass is 9.86. The summed E-state index contributed by atoms with van der Waals surface area (Å²) in [5.41, 5.74) is 1.60. The van der Waals surface area contributed by atoms with E-state index in [1.807, 2.05) is 26.0 Å². The molecule has 0 aromatic heterocycles. The van der Waals surface area contributed by atoms with Crippen molar-refractivity contribution in [1.82, 2.24) is 0 Å². The largest absolute Gasteiger partial charge is 0.294 e. The van der Waals surface area contributed by atoms with Crippen molar-refractivity contribution in [3.8, 4) is 0 Å². The number of rotatable bonds is 8. The number of Topliss-reactive ketones (excluding diaryl/α,β-unsaturated/α-hetero) is 1. The van der Waals surface area contributed by atoms with Gasteiger partial charge in [-0.05, 0) is 18.4 Å². The topological polar surface area (TPSA) is 17.1 Å². The average Bonchev–Trinajstić information content (AvgIpc) is 2.43. The minimum atomic E-state index is -0.482. The van der Waals surface area contributed by atoms with Gasteiger partial charge in [0.05, 0.1) is 0 Å². The minimum Gasteiger partial charge on any atom is -0.294 e. The number of carbonyl (C=O) groups excluding carboxylic acids is 1. The van der Waals surface area contributed by atoms with E-state index in [1.54, 1.807) is 0 Å². The van der Waals surface area contributed by atoms with Gasteiger partial charge in [-0.2, -0.15) is 0 Å². The summed E-state index contributed by atoms with van der Waals surface area (Å²) in [6.07, 6.45) is 6.19. The SMILES string of the molecule is CCCCCCc1ccc(C(=O)C(C)(C)CCl)cc1. The van der Waals surface area contributed by atoms with Crippen molar-refractivity contribution in [1.29, 1.82) is 0 Å². The normalized spacial score (nSPS) is 11.6. The molecule has 0 heterocycles. The van der Waals surface area contributed by atoms with Gasteiger partial charge in [0.15, 0.2) is 5.78 Å². The number of aryl methyl sites for hydroxylation is 1. The Kier molecular flexibility index (Phi) is 6.57. The van der Waals surface area contributed by atoms with Crippen LogP contribution in [0.15, 0.2) is 24.3 Å². The first-order valence-electron chi connectivity index (χ1n) is 7.21. The number of hydrogen-bond acceptors (Lipinski definition) is 1. The summed E-state index contributed by atoms with van der Waals surface area (Å²) in [5.74, 6) is 0.477. The Bertz CT molecular complexity index is 392. The molecule has 1 aromatic carbocycles. The zero-order chi connectivity index (χ0) is 14.3. The number of hydrogen-bond donors (Lipinski definition) is 0. The van der Waals surface area contributed by atoms with E-state index in [9.17, 15) is 4.79 Å². The molecule has 0 aliphatic carbocycles. The van der Waals surface area contributed by atoms with Gasteiger partial charge in [-0.1, -0.05) is 64.3 Å². The highest BCUT2D eigenvalue weighted by molar-refractivity contribution is 6.20. The van der Waals surface area contributed by atoms with Crippen LogP contribution < -0.4 is 0 Å². The Balaban J connectivity index is 2.59. The molecule has 2 heteroatoms. The van der Waals surface area contributed by atoms with Gasteiger partial charge in [0.25, 0.3) is 0 Å². The summed E-state index contributed by atoms with van der Waals surface area (Å²) >= 11 is 5.85. The van der Waals surface area contributed by atoms with Crippen LogP contribution in [0.2, 0.25) is 0 Å². The van der Waals surface area contributed by atoms with Gasteiger partial charge in [-0.25, -0.2) is 0 Å². The average molecular weight is 281 g/mol. The van der Waals surface area contributed by atoms with Crippen molar-refractivity contribution in [3.63, 3.8) is 0 Å². The highest BCUT2D eigenvalue weighted by Gasteiger charge is 2.27. The number of carbonyl (C=O) groups is 1. The van der Waals surface area contributed by atoms with Gasteiger partial charge in [0.2, 0.25) is 0 Å². The number of unbranched alkanes of at least 4 members (excludes halogenated alkanes) is 3. The molecule has 19 heavy (non-hydrogen) atoms. The monoisotopic (exact) mass is 280 g/mol. The van der Waals surface area contributed by atoms with Crippen LogP contribution in [0.1, 0.15) is 62.4 Å². The molecular formula is C17H25ClO. The van der Waals surface area contributed by atoms with Crippen LogP contribution in [0.25, 0.3) is 0 Å². The first-order valence-corrected chi connectivity index (χ1v) is 7.74. The third kappa shape index (κ3) is 4.99. The van der Waals surface area contributed by atoms with Gasteiger partial charge in [-0.15, -0.1) is 11.6 Å². The predicted octanol–water partition coefficient (Wildman–Crippen LogP) is 5.26. The Hall–Kier alpha value is -0.820. The number of alkyl halides is 1. The Morgan fingerprint density at radius 1 is 1.11 bits per heavy atom. The Labute approximate surface area is 122 Å². The quantitative estimate of drug-likeness (QED) is 0.361. The van der Waals surface area contributed by atoms with E-state index in [2.05, 4.69) is 19.1 Å². The lowest BCUT2D eigenvalue weighted by Crippen LogP contribution is -2.26. The van der Waals surface area contributed by atoms with E-state index in [0.717, 1.165) is 12.0 Å². The molecule has 0 aliphatic rings. The molecule has 0 spiro atoms. The van der Waals surface area contributed by atoms with Crippen LogP contribution in [-0.4, -0.2) is 11.7 Å². The highest BCUT2D eigenvalue weighted by atomic mass is 35.5. The van der Waals surface area contributed by atoms with Crippen LogP contribution in [0, 0.1) is 5.41 Å². The smallest absolute Gasteiger partial charge is 0.169 e. The van der Waals surface area contributed by atoms with E-state index < -0.39 is 5.41 Å². The molecule has 0 bridgehead atoms. The van der Waals surface area contributed by atoms with E-state index >= 15 is 0 Å². The summed E-state index contributed by atoms with van der Waals surface area (Å²) in [5, 5.41) is 0. The number of halogens is 1. The summed E-state index contributed by atoms with van der Waals surface area (Å²) in [7, 11) is 0. The zero-order valence-corrected chi connectivity index (χ0v) is 13.1. The molecule has 0 saturated heterocycles. The fourth-order valence-corrected chi connectivity index (χ4v) is 2.15. The standard InChI is InChI=1S/C17H25ClO/c1-4-5-6-7-8-14-9-11-15(12-10-14)16(19)17(2,3)13-18/h9-12H,4-8,13H2,1-3H3. The van der Waals surface area contributed by atoms with Crippen LogP contribution in [0.3, 0.4) is 0 Å². The maximum atomic E-state index is 12.2. The maximum Gasteiger partial charge on any atom is 0.169 e. The van der Waals surface area contributed by atoms with Crippen molar-refractivity contribution < 1.29 is 4.79 Å². The van der Waals surface area contributed by atoms with Crippen LogP contribution >= 0.6 is 11.6 Å². The maximum absolute atomic E-state index is 12.2. The molecular weight excluding hydrogens is 256 g/mol. The predicted molar refractivity (Wildman–Crippen MR) is 83.1 cm³/mol. The van der Waals surface area contributed by atoms with Crippen LogP contribution in [0.4, 0.5) is 0 Å². The van der Waals surface area contributed by atoms with Crippen molar-refractivity contribution in [2.75, 3.05) is 5.88 Å². The first-order chi connectivity index (χ1) is 9.01. The number of ketones is 1. The van der Waals surface area contributed by atoms with E-state index in [1.165, 1.54) is 31.2 Å². The molecule has 0 amide bonds. The molecule has 1 rings (SSSR count). The molecule has 0 unspecified atom stereocenters. The van der Waals surface area contributed by atoms with E-state index in [-0.39, 0.29) is 5.78 Å². The molecule has 1 aromatic rings. The molecule has 106 valence electrons. The lowest BCUT2D eigenvalue weighted by Gasteiger charge is -2.19. The molecule has 0 fully saturated rings. The van der Waals surface area contributed by atoms with Crippen molar-refractivity contribution in [2.45, 2.75) is 52.9 Å². The fourth-order valence-electron chi connectivity index (χ4n) is 2.03. The molecule has 0 saturated carbocycles. The Morgan fingerprint density at radius 2 is 1.74 bits per heavy atom. The molecule has 0 atom stereocenters. The summed E-state index contributed by atoms with van der Waals surface area (Å²) in [6, 6.07) is 8.02. The van der Waals surface area contributed by atoms with Crippen molar-refractivity contribution in [2.24, 2.45) is 5.41 Å². The van der Waals surface area contributed by atoms with Crippen LogP contribution in [-0.2, 0) is 6.42 Å². The van der Waals surface area contributed by atoms with Gasteiger partial charge >= 0.3 is 0 Å². The second-order valence-corrected chi connectivity index (χ2v) is 6.12. The van der Waals surface area contributed by atoms with Gasteiger partial charge < -0.3 is 0 Å². The second-order valence-electron chi connectivity index (χ2n) is 5.85. The second kappa shape index (κ2) is 7.69. The first kappa shape index (κ1) is 16.2. The van der Waals surface area contributed by atoms with E-state index in [0.29, 0.717) is 5.88 Å².